The fourth-order valence-corrected chi connectivity index (χ4v) is 11.1. The molecule has 14 rings (SSSR count). The van der Waals surface area contributed by atoms with E-state index < -0.39 is 23.5 Å². The summed E-state index contributed by atoms with van der Waals surface area (Å²) < 4.78 is 95.8. The molecule has 0 saturated heterocycles. The number of fused-ring (bicyclic) bond motifs is 12. The van der Waals surface area contributed by atoms with Crippen molar-refractivity contribution < 1.29 is 26.3 Å². The van der Waals surface area contributed by atoms with E-state index in [4.69, 9.17) is 4.98 Å². The van der Waals surface area contributed by atoms with Crippen LogP contribution in [0.2, 0.25) is 0 Å². The van der Waals surface area contributed by atoms with Crippen molar-refractivity contribution in [2.24, 2.45) is 0 Å². The van der Waals surface area contributed by atoms with Gasteiger partial charge in [-0.1, -0.05) is 109 Å². The first-order valence-electron chi connectivity index (χ1n) is 23.3. The minimum atomic E-state index is -5.06. The third-order valence-electron chi connectivity index (χ3n) is 14.2. The molecule has 0 aliphatic rings. The van der Waals surface area contributed by atoms with Crippen LogP contribution in [0.15, 0.2) is 212 Å². The Bertz CT molecular complexity index is 4180. The summed E-state index contributed by atoms with van der Waals surface area (Å²) in [5.41, 5.74) is 6.01. The molecule has 0 N–H and O–H groups in total. The number of hydrogen-bond acceptors (Lipinski definition) is 1. The van der Waals surface area contributed by atoms with Crippen LogP contribution in [-0.2, 0) is 12.4 Å². The molecule has 0 unspecified atom stereocenters. The van der Waals surface area contributed by atoms with Crippen molar-refractivity contribution in [1.29, 1.82) is 0 Å². The molecule has 0 radical (unpaired) electrons. The van der Waals surface area contributed by atoms with Gasteiger partial charge in [0.2, 0.25) is 0 Å². The largest absolute Gasteiger partial charge is 0.416 e. The predicted octanol–water partition coefficient (Wildman–Crippen LogP) is 17.2. The van der Waals surface area contributed by atoms with Crippen molar-refractivity contribution in [2.45, 2.75) is 12.4 Å². The van der Waals surface area contributed by atoms with Gasteiger partial charge in [-0.25, -0.2) is 4.98 Å². The van der Waals surface area contributed by atoms with E-state index in [0.717, 1.165) is 111 Å². The van der Waals surface area contributed by atoms with E-state index in [0.29, 0.717) is 11.6 Å². The standard InChI is InChI=1S/C61H35F6N5/c62-60(63,64)38-29-36(30-39(33-38)61(65,66)67)37-31-58(71-54-23-11-5-17-46(54)48-34-40(25-27-56(48)71)69-50-19-7-1-13-42(50)43-14-2-8-20-51(43)69)68-59(32-37)72-55-24-12-6-18-47(55)49-35-41(26-28-57(49)72)70-52-21-9-3-15-44(52)45-16-4-10-22-53(45)70/h1-35H. The van der Waals surface area contributed by atoms with E-state index in [1.54, 1.807) is 12.1 Å². The van der Waals surface area contributed by atoms with Crippen LogP contribution in [0.3, 0.4) is 0 Å². The summed E-state index contributed by atoms with van der Waals surface area (Å²) in [4.78, 5) is 5.37. The minimum absolute atomic E-state index is 0.118. The molecule has 0 aliphatic heterocycles. The van der Waals surface area contributed by atoms with Crippen molar-refractivity contribution in [3.63, 3.8) is 0 Å². The van der Waals surface area contributed by atoms with E-state index >= 15 is 0 Å². The smallest absolute Gasteiger partial charge is 0.309 e. The number of hydrogen-bond donors (Lipinski definition) is 0. The fourth-order valence-electron chi connectivity index (χ4n) is 11.1. The Morgan fingerprint density at radius 1 is 0.264 bits per heavy atom. The Morgan fingerprint density at radius 3 is 0.875 bits per heavy atom. The Morgan fingerprint density at radius 2 is 0.542 bits per heavy atom. The van der Waals surface area contributed by atoms with Crippen molar-refractivity contribution in [3.05, 3.63) is 223 Å². The molecule has 0 atom stereocenters. The third kappa shape index (κ3) is 6.26. The lowest BCUT2D eigenvalue weighted by molar-refractivity contribution is -0.143. The second-order valence-corrected chi connectivity index (χ2v) is 18.2. The lowest BCUT2D eigenvalue weighted by Crippen LogP contribution is -2.11. The Hall–Kier alpha value is -9.09. The summed E-state index contributed by atoms with van der Waals surface area (Å²) >= 11 is 0. The second kappa shape index (κ2) is 15.2. The maximum atomic E-state index is 14.6. The molecule has 0 spiro atoms. The van der Waals surface area contributed by atoms with Crippen molar-refractivity contribution in [3.8, 4) is 34.1 Å². The number of aromatic nitrogens is 5. The fraction of sp³-hybridized carbons (Fsp3) is 0.0328. The lowest BCUT2D eigenvalue weighted by Gasteiger charge is -2.17. The minimum Gasteiger partial charge on any atom is -0.309 e. The monoisotopic (exact) mass is 951 g/mol. The van der Waals surface area contributed by atoms with Gasteiger partial charge < -0.3 is 9.13 Å². The number of rotatable bonds is 5. The molecule has 0 fully saturated rings. The molecule has 14 aromatic rings. The molecular formula is C61H35F6N5. The van der Waals surface area contributed by atoms with Gasteiger partial charge in [-0.05, 0) is 114 Å². The molecule has 5 heterocycles. The highest BCUT2D eigenvalue weighted by Gasteiger charge is 2.37. The average molecular weight is 952 g/mol. The zero-order chi connectivity index (χ0) is 48.6. The molecule has 0 bridgehead atoms. The topological polar surface area (TPSA) is 32.6 Å². The van der Waals surface area contributed by atoms with Gasteiger partial charge in [0.15, 0.2) is 0 Å². The number of pyridine rings is 1. The third-order valence-corrected chi connectivity index (χ3v) is 14.2. The van der Waals surface area contributed by atoms with Gasteiger partial charge in [0.1, 0.15) is 11.6 Å². The van der Waals surface area contributed by atoms with Gasteiger partial charge in [-0.15, -0.1) is 0 Å². The van der Waals surface area contributed by atoms with Gasteiger partial charge in [0, 0.05) is 54.5 Å². The average Bonchev–Trinajstić information content (AvgIpc) is 4.13. The lowest BCUT2D eigenvalue weighted by atomic mass is 9.99. The van der Waals surface area contributed by atoms with Crippen LogP contribution in [0.4, 0.5) is 26.3 Å². The van der Waals surface area contributed by atoms with Crippen LogP contribution in [-0.4, -0.2) is 23.3 Å². The number of halogens is 6. The van der Waals surface area contributed by atoms with Crippen molar-refractivity contribution in [1.82, 2.24) is 23.3 Å². The van der Waals surface area contributed by atoms with Crippen LogP contribution in [0.25, 0.3) is 121 Å². The summed E-state index contributed by atoms with van der Waals surface area (Å²) in [6.45, 7) is 0. The number of benzene rings is 9. The predicted molar refractivity (Wildman–Crippen MR) is 277 cm³/mol. The van der Waals surface area contributed by atoms with E-state index in [1.807, 2.05) is 130 Å². The summed E-state index contributed by atoms with van der Waals surface area (Å²) in [6.07, 6.45) is -10.1. The van der Waals surface area contributed by atoms with E-state index in [-0.39, 0.29) is 17.2 Å². The molecule has 72 heavy (non-hydrogen) atoms. The van der Waals surface area contributed by atoms with Gasteiger partial charge in [0.05, 0.1) is 55.3 Å². The Balaban J connectivity index is 1.04. The van der Waals surface area contributed by atoms with Gasteiger partial charge >= 0.3 is 12.4 Å². The zero-order valence-electron chi connectivity index (χ0n) is 37.7. The summed E-state index contributed by atoms with van der Waals surface area (Å²) in [6, 6.07) is 65.8. The van der Waals surface area contributed by atoms with E-state index in [9.17, 15) is 26.3 Å². The highest BCUT2D eigenvalue weighted by atomic mass is 19.4. The normalized spacial score (nSPS) is 12.6. The van der Waals surface area contributed by atoms with Gasteiger partial charge in [-0.3, -0.25) is 9.13 Å². The molecule has 9 aromatic carbocycles. The first kappa shape index (κ1) is 41.8. The van der Waals surface area contributed by atoms with Gasteiger partial charge in [0.25, 0.3) is 0 Å². The Kier molecular flexibility index (Phi) is 8.84. The number of nitrogens with zero attached hydrogens (tertiary/aromatic N) is 5. The SMILES string of the molecule is FC(F)(F)c1cc(-c2cc(-n3c4ccccc4c4cc(-n5c6ccccc6c6ccccc65)ccc43)nc(-n3c4ccccc4c4cc(-n5c6ccccc6c6ccccc65)ccc43)c2)cc(C(F)(F)F)c1. The molecule has 5 nitrogen and oxygen atoms in total. The van der Waals surface area contributed by atoms with Crippen LogP contribution in [0, 0.1) is 0 Å². The number of alkyl halides is 6. The molecule has 11 heteroatoms. The highest BCUT2D eigenvalue weighted by molar-refractivity contribution is 6.14. The van der Waals surface area contributed by atoms with Crippen LogP contribution in [0.5, 0.6) is 0 Å². The molecular weight excluding hydrogens is 917 g/mol. The van der Waals surface area contributed by atoms with Crippen molar-refractivity contribution >= 4 is 87.2 Å². The van der Waals surface area contributed by atoms with Crippen LogP contribution < -0.4 is 0 Å². The first-order valence-corrected chi connectivity index (χ1v) is 23.3. The molecule has 0 aliphatic carbocycles. The van der Waals surface area contributed by atoms with Crippen molar-refractivity contribution in [2.75, 3.05) is 0 Å². The maximum absolute atomic E-state index is 14.6. The molecule has 0 saturated carbocycles. The quantitative estimate of drug-likeness (QED) is 0.158. The summed E-state index contributed by atoms with van der Waals surface area (Å²) in [7, 11) is 0. The van der Waals surface area contributed by atoms with Crippen LogP contribution >= 0.6 is 0 Å². The first-order chi connectivity index (χ1) is 35.0. The number of para-hydroxylation sites is 6. The van der Waals surface area contributed by atoms with E-state index in [2.05, 4.69) is 69.8 Å². The second-order valence-electron chi connectivity index (χ2n) is 18.2. The molecule has 5 aromatic heterocycles. The Labute approximate surface area is 405 Å². The van der Waals surface area contributed by atoms with E-state index in [1.165, 1.54) is 0 Å². The molecule has 346 valence electrons. The summed E-state index contributed by atoms with van der Waals surface area (Å²) in [5, 5.41) is 7.98. The molecule has 0 amide bonds. The zero-order valence-corrected chi connectivity index (χ0v) is 37.7. The summed E-state index contributed by atoms with van der Waals surface area (Å²) in [5.74, 6) is 0.606. The van der Waals surface area contributed by atoms with Crippen LogP contribution in [0.1, 0.15) is 11.1 Å². The van der Waals surface area contributed by atoms with Gasteiger partial charge in [-0.2, -0.15) is 26.3 Å². The highest BCUT2D eigenvalue weighted by Crippen LogP contribution is 2.43. The maximum Gasteiger partial charge on any atom is 0.416 e.